The molecule has 0 atom stereocenters. The predicted octanol–water partition coefficient (Wildman–Crippen LogP) is -0.0798. The zero-order valence-corrected chi connectivity index (χ0v) is 13.6. The van der Waals surface area contributed by atoms with Crippen molar-refractivity contribution >= 4 is 19.2 Å². The first-order chi connectivity index (χ1) is 6.08. The molecule has 0 spiro atoms. The molecule has 0 rings (SSSR count). The van der Waals surface area contributed by atoms with Crippen molar-refractivity contribution in [3.63, 3.8) is 0 Å². The van der Waals surface area contributed by atoms with Gasteiger partial charge in [0.15, 0.2) is 0 Å². The number of hydrogen-bond donors (Lipinski definition) is 1. The Balaban J connectivity index is 5.40. The van der Waals surface area contributed by atoms with Crippen molar-refractivity contribution in [1.82, 2.24) is 9.36 Å². The average molecular weight is 310 g/mol. The SMILES string of the molecule is C[N](C)[Sn]([N](C)C)([N](C)C)[C](C)(C)O. The van der Waals surface area contributed by atoms with Gasteiger partial charge < -0.3 is 0 Å². The van der Waals surface area contributed by atoms with Crippen LogP contribution in [0.2, 0.25) is 0 Å². The normalized spacial score (nSPS) is 14.6. The number of aliphatic hydroxyl groups is 1. The Hall–Kier alpha value is 0.639. The number of nitrogens with zero attached hydrogens (tertiary/aromatic N) is 3. The molecule has 0 radical (unpaired) electrons. The summed E-state index contributed by atoms with van der Waals surface area (Å²) >= 11 is -3.03. The molecule has 0 unspecified atom stereocenters. The number of hydrogen-bond acceptors (Lipinski definition) is 4. The summed E-state index contributed by atoms with van der Waals surface area (Å²) in [4.78, 5) is 0. The summed E-state index contributed by atoms with van der Waals surface area (Å²) in [6.07, 6.45) is 0. The fourth-order valence-corrected chi connectivity index (χ4v) is 19.1. The molecule has 0 saturated heterocycles. The van der Waals surface area contributed by atoms with Gasteiger partial charge in [0.1, 0.15) is 0 Å². The van der Waals surface area contributed by atoms with E-state index in [1.807, 2.05) is 13.8 Å². The summed E-state index contributed by atoms with van der Waals surface area (Å²) in [7, 11) is 12.4. The van der Waals surface area contributed by atoms with Crippen LogP contribution in [0, 0.1) is 0 Å². The Morgan fingerprint density at radius 1 is 0.786 bits per heavy atom. The summed E-state index contributed by atoms with van der Waals surface area (Å²) in [5, 5.41) is 10.4. The minimum absolute atomic E-state index is 0.634. The van der Waals surface area contributed by atoms with E-state index in [4.69, 9.17) is 0 Å². The van der Waals surface area contributed by atoms with Crippen LogP contribution in [0.25, 0.3) is 0 Å². The molecule has 0 bridgehead atoms. The van der Waals surface area contributed by atoms with E-state index < -0.39 is 22.8 Å². The first-order valence-corrected chi connectivity index (χ1v) is 10.1. The fourth-order valence-electron chi connectivity index (χ4n) is 2.84. The van der Waals surface area contributed by atoms with E-state index in [-0.39, 0.29) is 0 Å². The van der Waals surface area contributed by atoms with Crippen molar-refractivity contribution in [2.45, 2.75) is 17.5 Å². The molecule has 0 heterocycles. The standard InChI is InChI=1S/C3H7O.3C2H6N.Sn/c1-3(2)4;3*1-3-2;/h4H,1-2H3;3*1-2H3;/q;3*-1;+3. The third-order valence-corrected chi connectivity index (χ3v) is 18.1. The summed E-state index contributed by atoms with van der Waals surface area (Å²) in [6.45, 7) is 3.84. The molecule has 0 aromatic heterocycles. The van der Waals surface area contributed by atoms with E-state index in [1.165, 1.54) is 0 Å². The second kappa shape index (κ2) is 4.65. The molecule has 0 aliphatic rings. The van der Waals surface area contributed by atoms with Crippen LogP contribution in [-0.2, 0) is 0 Å². The molecule has 0 fully saturated rings. The van der Waals surface area contributed by atoms with E-state index in [2.05, 4.69) is 51.7 Å². The Morgan fingerprint density at radius 3 is 1.00 bits per heavy atom. The van der Waals surface area contributed by atoms with Gasteiger partial charge in [-0.1, -0.05) is 0 Å². The van der Waals surface area contributed by atoms with Gasteiger partial charge in [-0.25, -0.2) is 0 Å². The minimum atomic E-state index is -3.03. The Morgan fingerprint density at radius 2 is 1.00 bits per heavy atom. The van der Waals surface area contributed by atoms with Crippen LogP contribution in [0.3, 0.4) is 0 Å². The Labute approximate surface area is 93.4 Å². The molecular formula is C9H25N3OSn. The number of rotatable bonds is 4. The average Bonchev–Trinajstić information content (AvgIpc) is 1.79. The van der Waals surface area contributed by atoms with E-state index >= 15 is 0 Å². The van der Waals surface area contributed by atoms with Crippen LogP contribution < -0.4 is 0 Å². The van der Waals surface area contributed by atoms with Gasteiger partial charge in [0.05, 0.1) is 0 Å². The zero-order chi connectivity index (χ0) is 11.7. The molecule has 1 N–H and O–H groups in total. The van der Waals surface area contributed by atoms with Crippen LogP contribution in [0.5, 0.6) is 0 Å². The van der Waals surface area contributed by atoms with E-state index in [0.29, 0.717) is 0 Å². The molecule has 0 amide bonds. The van der Waals surface area contributed by atoms with E-state index in [9.17, 15) is 5.11 Å². The van der Waals surface area contributed by atoms with Crippen molar-refractivity contribution in [3.05, 3.63) is 0 Å². The summed E-state index contributed by atoms with van der Waals surface area (Å²) in [6, 6.07) is 0. The van der Waals surface area contributed by atoms with E-state index in [1.54, 1.807) is 0 Å². The fraction of sp³-hybridized carbons (Fsp3) is 1.00. The third kappa shape index (κ3) is 2.24. The van der Waals surface area contributed by atoms with Crippen molar-refractivity contribution in [1.29, 1.82) is 0 Å². The van der Waals surface area contributed by atoms with Crippen molar-refractivity contribution < 1.29 is 5.11 Å². The molecule has 0 saturated carbocycles. The Kier molecular flexibility index (Phi) is 4.87. The first-order valence-electron chi connectivity index (χ1n) is 4.83. The van der Waals surface area contributed by atoms with Gasteiger partial charge >= 0.3 is 93.4 Å². The summed E-state index contributed by atoms with van der Waals surface area (Å²) in [5.74, 6) is 0. The molecule has 5 heteroatoms. The summed E-state index contributed by atoms with van der Waals surface area (Å²) in [5.41, 5.74) is 0. The molecule has 0 aromatic carbocycles. The maximum atomic E-state index is 10.4. The maximum absolute atomic E-state index is 10.4. The molecule has 0 aliphatic heterocycles. The van der Waals surface area contributed by atoms with Crippen molar-refractivity contribution in [2.75, 3.05) is 42.3 Å². The van der Waals surface area contributed by atoms with E-state index in [0.717, 1.165) is 0 Å². The third-order valence-electron chi connectivity index (χ3n) is 2.69. The molecular weight excluding hydrogens is 285 g/mol. The van der Waals surface area contributed by atoms with Gasteiger partial charge in [0.2, 0.25) is 0 Å². The van der Waals surface area contributed by atoms with Crippen LogP contribution in [-0.4, -0.2) is 79.6 Å². The van der Waals surface area contributed by atoms with Crippen LogP contribution in [0.4, 0.5) is 0 Å². The second-order valence-corrected chi connectivity index (χ2v) is 19.7. The second-order valence-electron chi connectivity index (χ2n) is 4.88. The van der Waals surface area contributed by atoms with Crippen molar-refractivity contribution in [2.24, 2.45) is 0 Å². The van der Waals surface area contributed by atoms with Gasteiger partial charge in [0.25, 0.3) is 0 Å². The first kappa shape index (κ1) is 14.6. The van der Waals surface area contributed by atoms with Gasteiger partial charge in [-0.3, -0.25) is 0 Å². The van der Waals surface area contributed by atoms with Crippen molar-refractivity contribution in [3.8, 4) is 0 Å². The topological polar surface area (TPSA) is 30.0 Å². The van der Waals surface area contributed by atoms with Gasteiger partial charge in [-0.15, -0.1) is 0 Å². The van der Waals surface area contributed by atoms with Crippen LogP contribution in [0.1, 0.15) is 13.8 Å². The molecule has 14 heavy (non-hydrogen) atoms. The Bertz CT molecular complexity index is 165. The van der Waals surface area contributed by atoms with Crippen LogP contribution in [0.15, 0.2) is 0 Å². The summed E-state index contributed by atoms with van der Waals surface area (Å²) < 4.78 is 6.06. The van der Waals surface area contributed by atoms with Crippen LogP contribution >= 0.6 is 0 Å². The van der Waals surface area contributed by atoms with Gasteiger partial charge in [-0.2, -0.15) is 0 Å². The zero-order valence-electron chi connectivity index (χ0n) is 10.8. The molecule has 0 aliphatic carbocycles. The predicted molar refractivity (Wildman–Crippen MR) is 63.1 cm³/mol. The molecule has 4 nitrogen and oxygen atoms in total. The van der Waals surface area contributed by atoms with Gasteiger partial charge in [0, 0.05) is 0 Å². The van der Waals surface area contributed by atoms with Gasteiger partial charge in [-0.05, 0) is 0 Å². The monoisotopic (exact) mass is 311 g/mol. The quantitative estimate of drug-likeness (QED) is 0.736. The molecule has 86 valence electrons. The molecule has 0 aromatic rings.